The average molecular weight is 436 g/mol. The molecule has 1 saturated heterocycles. The van der Waals surface area contributed by atoms with Crippen LogP contribution >= 0.6 is 0 Å². The lowest BCUT2D eigenvalue weighted by Gasteiger charge is -2.46. The zero-order chi connectivity index (χ0) is 22.7. The number of aromatic hydroxyl groups is 1. The number of para-hydroxylation sites is 1. The minimum Gasteiger partial charge on any atom is -0.508 e. The first-order valence-electron chi connectivity index (χ1n) is 11.8. The Bertz CT molecular complexity index is 914. The highest BCUT2D eigenvalue weighted by atomic mass is 16.6. The summed E-state index contributed by atoms with van der Waals surface area (Å²) in [6, 6.07) is 16.2. The Hall–Kier alpha value is -2.82. The van der Waals surface area contributed by atoms with Crippen molar-refractivity contribution in [3.8, 4) is 5.75 Å². The molecule has 2 unspecified atom stereocenters. The van der Waals surface area contributed by atoms with Crippen molar-refractivity contribution in [3.05, 3.63) is 60.2 Å². The molecule has 0 spiro atoms. The number of phenolic OH excluding ortho intramolecular Hbond substituents is 1. The van der Waals surface area contributed by atoms with Gasteiger partial charge in [-0.2, -0.15) is 0 Å². The van der Waals surface area contributed by atoms with Crippen LogP contribution in [0.1, 0.15) is 57.9 Å². The molecule has 2 aliphatic rings. The van der Waals surface area contributed by atoms with Gasteiger partial charge in [0.1, 0.15) is 11.4 Å². The van der Waals surface area contributed by atoms with Crippen LogP contribution in [0.3, 0.4) is 0 Å². The van der Waals surface area contributed by atoms with Crippen LogP contribution in [0.15, 0.2) is 54.6 Å². The van der Waals surface area contributed by atoms with E-state index in [2.05, 4.69) is 0 Å². The number of benzene rings is 2. The third-order valence-electron chi connectivity index (χ3n) is 7.18. The number of ether oxygens (including phenoxy) is 1. The van der Waals surface area contributed by atoms with E-state index in [1.807, 2.05) is 61.2 Å². The monoisotopic (exact) mass is 435 g/mol. The standard InChI is InChI=1S/C27H33NO4/c1-19(2)27(17-16-20-12-14-23(29)15-13-20)18-24(30)25(26(31)32-27)28(22-10-6-7-11-22)21-8-4-3-5-9-21/h3-5,8-9,12-15,19,22,25,29H,6-7,10-11,16-18H2,1-2H3. The van der Waals surface area contributed by atoms with E-state index in [4.69, 9.17) is 4.74 Å². The zero-order valence-electron chi connectivity index (χ0n) is 19.0. The van der Waals surface area contributed by atoms with Crippen molar-refractivity contribution in [2.24, 2.45) is 5.92 Å². The lowest BCUT2D eigenvalue weighted by molar-refractivity contribution is -0.179. The number of nitrogens with zero attached hydrogens (tertiary/aromatic N) is 1. The molecule has 0 radical (unpaired) electrons. The Balaban J connectivity index is 1.57. The van der Waals surface area contributed by atoms with Crippen molar-refractivity contribution in [2.45, 2.75) is 76.5 Å². The first kappa shape index (κ1) is 22.4. The topological polar surface area (TPSA) is 66.8 Å². The van der Waals surface area contributed by atoms with Crippen molar-refractivity contribution in [3.63, 3.8) is 0 Å². The Labute approximate surface area is 190 Å². The van der Waals surface area contributed by atoms with Crippen LogP contribution < -0.4 is 4.90 Å². The van der Waals surface area contributed by atoms with Crippen molar-refractivity contribution in [1.82, 2.24) is 0 Å². The number of ketones is 1. The van der Waals surface area contributed by atoms with Gasteiger partial charge in [-0.15, -0.1) is 0 Å². The lowest BCUT2D eigenvalue weighted by Crippen LogP contribution is -2.60. The Morgan fingerprint density at radius 2 is 1.69 bits per heavy atom. The number of aryl methyl sites for hydroxylation is 1. The van der Waals surface area contributed by atoms with Gasteiger partial charge in [-0.3, -0.25) is 4.79 Å². The van der Waals surface area contributed by atoms with Crippen molar-refractivity contribution < 1.29 is 19.4 Å². The SMILES string of the molecule is CC(C)C1(CCc2ccc(O)cc2)CC(=O)C(N(c2ccccc2)C2CCCC2)C(=O)O1. The first-order valence-corrected chi connectivity index (χ1v) is 11.8. The third kappa shape index (κ3) is 4.52. The second-order valence-electron chi connectivity index (χ2n) is 9.53. The molecule has 0 bridgehead atoms. The highest BCUT2D eigenvalue weighted by molar-refractivity contribution is 6.08. The van der Waals surface area contributed by atoms with E-state index in [1.54, 1.807) is 12.1 Å². The number of hydrogen-bond acceptors (Lipinski definition) is 5. The summed E-state index contributed by atoms with van der Waals surface area (Å²) in [7, 11) is 0. The maximum Gasteiger partial charge on any atom is 0.337 e. The normalized spacial score (nSPS) is 24.0. The van der Waals surface area contributed by atoms with Crippen LogP contribution in [0, 0.1) is 5.92 Å². The molecule has 32 heavy (non-hydrogen) atoms. The van der Waals surface area contributed by atoms with Crippen LogP contribution in [0.25, 0.3) is 0 Å². The summed E-state index contributed by atoms with van der Waals surface area (Å²) >= 11 is 0. The van der Waals surface area contributed by atoms with Crippen molar-refractivity contribution in [2.75, 3.05) is 4.90 Å². The summed E-state index contributed by atoms with van der Waals surface area (Å²) in [4.78, 5) is 29.0. The molecule has 1 N–H and O–H groups in total. The molecule has 2 atom stereocenters. The molecule has 170 valence electrons. The number of carbonyl (C=O) groups is 2. The van der Waals surface area contributed by atoms with Gasteiger partial charge in [0.15, 0.2) is 11.8 Å². The van der Waals surface area contributed by atoms with Gasteiger partial charge >= 0.3 is 5.97 Å². The Kier molecular flexibility index (Phi) is 6.54. The lowest BCUT2D eigenvalue weighted by atomic mass is 9.77. The van der Waals surface area contributed by atoms with E-state index in [-0.39, 0.29) is 29.9 Å². The maximum atomic E-state index is 13.6. The minimum absolute atomic E-state index is 0.0186. The Morgan fingerprint density at radius 3 is 2.28 bits per heavy atom. The quantitative estimate of drug-likeness (QED) is 0.487. The number of rotatable bonds is 7. The van der Waals surface area contributed by atoms with Crippen LogP contribution in [0.4, 0.5) is 5.69 Å². The molecule has 0 aromatic heterocycles. The number of hydrogen-bond donors (Lipinski definition) is 1. The van der Waals surface area contributed by atoms with Crippen LogP contribution in [0.2, 0.25) is 0 Å². The highest BCUT2D eigenvalue weighted by Crippen LogP contribution is 2.39. The van der Waals surface area contributed by atoms with Gasteiger partial charge in [0.05, 0.1) is 0 Å². The molecule has 0 amide bonds. The van der Waals surface area contributed by atoms with E-state index in [0.717, 1.165) is 36.9 Å². The summed E-state index contributed by atoms with van der Waals surface area (Å²) in [5, 5.41) is 9.53. The molecule has 2 fully saturated rings. The molecule has 5 heteroatoms. The molecule has 1 saturated carbocycles. The van der Waals surface area contributed by atoms with Gasteiger partial charge < -0.3 is 14.7 Å². The molecular weight excluding hydrogens is 402 g/mol. The van der Waals surface area contributed by atoms with Crippen LogP contribution in [0.5, 0.6) is 5.75 Å². The van der Waals surface area contributed by atoms with Crippen LogP contribution in [-0.4, -0.2) is 34.5 Å². The summed E-state index contributed by atoms with van der Waals surface area (Å²) in [5.41, 5.74) is 1.15. The van der Waals surface area contributed by atoms with E-state index >= 15 is 0 Å². The second kappa shape index (κ2) is 9.35. The van der Waals surface area contributed by atoms with Crippen molar-refractivity contribution >= 4 is 17.4 Å². The smallest absolute Gasteiger partial charge is 0.337 e. The van der Waals surface area contributed by atoms with E-state index in [9.17, 15) is 14.7 Å². The molecule has 1 aliphatic heterocycles. The maximum absolute atomic E-state index is 13.6. The van der Waals surface area contributed by atoms with Gasteiger partial charge in [-0.25, -0.2) is 4.79 Å². The molecule has 4 rings (SSSR count). The first-order chi connectivity index (χ1) is 15.4. The van der Waals surface area contributed by atoms with Gasteiger partial charge in [0, 0.05) is 18.2 Å². The molecule has 5 nitrogen and oxygen atoms in total. The molecule has 1 aliphatic carbocycles. The number of esters is 1. The zero-order valence-corrected chi connectivity index (χ0v) is 19.0. The number of Topliss-reactive ketones (excluding diaryl/α,β-unsaturated/α-hetero) is 1. The fourth-order valence-corrected chi connectivity index (χ4v) is 5.21. The second-order valence-corrected chi connectivity index (χ2v) is 9.53. The molecule has 2 aromatic rings. The molecule has 1 heterocycles. The van der Waals surface area contributed by atoms with Gasteiger partial charge in [-0.1, -0.05) is 57.0 Å². The highest BCUT2D eigenvalue weighted by Gasteiger charge is 2.51. The van der Waals surface area contributed by atoms with E-state index in [0.29, 0.717) is 12.8 Å². The molecular formula is C27H33NO4. The van der Waals surface area contributed by atoms with Crippen molar-refractivity contribution in [1.29, 1.82) is 0 Å². The van der Waals surface area contributed by atoms with E-state index in [1.165, 1.54) is 0 Å². The van der Waals surface area contributed by atoms with Gasteiger partial charge in [-0.05, 0) is 61.4 Å². The fourth-order valence-electron chi connectivity index (χ4n) is 5.21. The predicted octanol–water partition coefficient (Wildman–Crippen LogP) is 5.05. The molecule has 2 aromatic carbocycles. The minimum atomic E-state index is -0.874. The summed E-state index contributed by atoms with van der Waals surface area (Å²) in [5.74, 6) is -0.222. The average Bonchev–Trinajstić information content (AvgIpc) is 3.30. The summed E-state index contributed by atoms with van der Waals surface area (Å²) in [6.45, 7) is 4.04. The number of carbonyl (C=O) groups excluding carboxylic acids is 2. The predicted molar refractivity (Wildman–Crippen MR) is 125 cm³/mol. The van der Waals surface area contributed by atoms with Gasteiger partial charge in [0.2, 0.25) is 0 Å². The number of cyclic esters (lactones) is 1. The van der Waals surface area contributed by atoms with Gasteiger partial charge in [0.25, 0.3) is 0 Å². The summed E-state index contributed by atoms with van der Waals surface area (Å²) in [6.07, 6.45) is 5.70. The Morgan fingerprint density at radius 1 is 1.03 bits per heavy atom. The third-order valence-corrected chi connectivity index (χ3v) is 7.18. The largest absolute Gasteiger partial charge is 0.508 e. The van der Waals surface area contributed by atoms with Crippen LogP contribution in [-0.2, 0) is 20.7 Å². The summed E-state index contributed by atoms with van der Waals surface area (Å²) < 4.78 is 6.18. The number of phenols is 1. The fraction of sp³-hybridized carbons (Fsp3) is 0.481. The number of anilines is 1. The van der Waals surface area contributed by atoms with E-state index < -0.39 is 17.6 Å².